The molecule has 4 atom stereocenters. The summed E-state index contributed by atoms with van der Waals surface area (Å²) >= 11 is 8.22. The number of ketones is 1. The molecule has 4 heterocycles. The fourth-order valence-corrected chi connectivity index (χ4v) is 7.87. The lowest BCUT2D eigenvalue weighted by molar-refractivity contribution is -0.127. The Morgan fingerprint density at radius 2 is 1.91 bits per heavy atom. The molecule has 35 heavy (non-hydrogen) atoms. The van der Waals surface area contributed by atoms with Crippen molar-refractivity contribution in [1.82, 2.24) is 4.90 Å². The standard InChI is InChI=1S/C27H21ClN2O4S/c28-17-5-3-4-15(10-17)23-20-12-35-13-30(20)27(18-6-1-2-7-19(18)29-26(27)32)24(23)25(31)16-8-9-21-22(11-16)34-14-33-21/h1-11,20,23-24H,12-14H2,(H,29,32)/t20-,23+,24-,27-/m0/s1. The van der Waals surface area contributed by atoms with E-state index in [0.717, 1.165) is 22.6 Å². The van der Waals surface area contributed by atoms with Gasteiger partial charge in [-0.25, -0.2) is 0 Å². The third-order valence-corrected chi connectivity index (χ3v) is 8.97. The summed E-state index contributed by atoms with van der Waals surface area (Å²) in [7, 11) is 0. The minimum atomic E-state index is -1.11. The van der Waals surface area contributed by atoms with E-state index in [9.17, 15) is 9.59 Å². The summed E-state index contributed by atoms with van der Waals surface area (Å²) in [6.07, 6.45) is 0. The Morgan fingerprint density at radius 3 is 2.80 bits per heavy atom. The number of amides is 1. The Balaban J connectivity index is 1.47. The van der Waals surface area contributed by atoms with Crippen molar-refractivity contribution in [3.63, 3.8) is 0 Å². The van der Waals surface area contributed by atoms with E-state index in [1.165, 1.54) is 0 Å². The van der Waals surface area contributed by atoms with Gasteiger partial charge in [0.2, 0.25) is 12.7 Å². The van der Waals surface area contributed by atoms with Gasteiger partial charge in [-0.1, -0.05) is 41.9 Å². The molecule has 8 heteroatoms. The Hall–Kier alpha value is -3.00. The molecule has 0 saturated carbocycles. The molecule has 6 nitrogen and oxygen atoms in total. The number of thioether (sulfide) groups is 1. The number of ether oxygens (including phenoxy) is 2. The van der Waals surface area contributed by atoms with E-state index in [1.807, 2.05) is 48.5 Å². The van der Waals surface area contributed by atoms with Crippen molar-refractivity contribution in [3.05, 3.63) is 88.4 Å². The molecule has 4 aliphatic heterocycles. The first kappa shape index (κ1) is 21.3. The number of anilines is 1. The molecule has 1 spiro atoms. The van der Waals surface area contributed by atoms with Crippen LogP contribution in [0.4, 0.5) is 5.69 Å². The molecule has 3 aromatic carbocycles. The number of hydrogen-bond donors (Lipinski definition) is 1. The molecule has 0 unspecified atom stereocenters. The number of Topliss-reactive ketones (excluding diaryl/α,β-unsaturated/α-hetero) is 1. The van der Waals surface area contributed by atoms with Crippen LogP contribution in [0, 0.1) is 5.92 Å². The fraction of sp³-hybridized carbons (Fsp3) is 0.259. The molecule has 0 aromatic heterocycles. The van der Waals surface area contributed by atoms with Gasteiger partial charge in [0.05, 0.1) is 5.92 Å². The van der Waals surface area contributed by atoms with Gasteiger partial charge in [0.25, 0.3) is 0 Å². The van der Waals surface area contributed by atoms with Gasteiger partial charge >= 0.3 is 0 Å². The first-order valence-electron chi connectivity index (χ1n) is 11.5. The van der Waals surface area contributed by atoms with Crippen molar-refractivity contribution in [3.8, 4) is 11.5 Å². The van der Waals surface area contributed by atoms with Gasteiger partial charge in [0, 0.05) is 45.4 Å². The topological polar surface area (TPSA) is 67.9 Å². The fourth-order valence-electron chi connectivity index (χ4n) is 6.35. The number of nitrogens with zero attached hydrogens (tertiary/aromatic N) is 1. The molecule has 1 amide bonds. The molecule has 2 saturated heterocycles. The van der Waals surface area contributed by atoms with Crippen LogP contribution in [0.15, 0.2) is 66.7 Å². The predicted molar refractivity (Wildman–Crippen MR) is 134 cm³/mol. The molecule has 1 N–H and O–H groups in total. The zero-order valence-electron chi connectivity index (χ0n) is 18.6. The third-order valence-electron chi connectivity index (χ3n) is 7.70. The van der Waals surface area contributed by atoms with Crippen molar-refractivity contribution < 1.29 is 19.1 Å². The maximum Gasteiger partial charge on any atom is 0.250 e. The van der Waals surface area contributed by atoms with Crippen LogP contribution in [0.3, 0.4) is 0 Å². The van der Waals surface area contributed by atoms with Gasteiger partial charge in [-0.05, 0) is 42.0 Å². The molecule has 176 valence electrons. The van der Waals surface area contributed by atoms with E-state index in [0.29, 0.717) is 28.0 Å². The van der Waals surface area contributed by atoms with Crippen molar-refractivity contribution >= 4 is 40.7 Å². The lowest BCUT2D eigenvalue weighted by Gasteiger charge is -2.36. The minimum absolute atomic E-state index is 0.0123. The van der Waals surface area contributed by atoms with E-state index in [-0.39, 0.29) is 30.4 Å². The Kier molecular flexibility index (Phi) is 4.72. The number of benzene rings is 3. The maximum absolute atomic E-state index is 14.5. The SMILES string of the molecule is O=C(c1ccc2c(c1)OCO2)[C@@H]1[C@H](c2cccc(Cl)c2)[C@@H]2CSCN2[C@]12C(=O)Nc1ccccc12. The van der Waals surface area contributed by atoms with Gasteiger partial charge in [-0.2, -0.15) is 0 Å². The van der Waals surface area contributed by atoms with Crippen molar-refractivity contribution in [2.45, 2.75) is 17.5 Å². The van der Waals surface area contributed by atoms with E-state index < -0.39 is 11.5 Å². The number of nitrogens with one attached hydrogen (secondary N) is 1. The monoisotopic (exact) mass is 504 g/mol. The van der Waals surface area contributed by atoms with Gasteiger partial charge < -0.3 is 14.8 Å². The number of carbonyl (C=O) groups is 2. The molecule has 3 aromatic rings. The van der Waals surface area contributed by atoms with Crippen molar-refractivity contribution in [2.75, 3.05) is 23.7 Å². The van der Waals surface area contributed by atoms with Gasteiger partial charge in [0.1, 0.15) is 5.54 Å². The Labute approximate surface area is 211 Å². The summed E-state index contributed by atoms with van der Waals surface area (Å²) < 4.78 is 11.0. The van der Waals surface area contributed by atoms with E-state index in [2.05, 4.69) is 10.2 Å². The lowest BCUT2D eigenvalue weighted by Crippen LogP contribution is -2.52. The average Bonchev–Trinajstić information content (AvgIpc) is 3.62. The quantitative estimate of drug-likeness (QED) is 0.512. The molecule has 0 radical (unpaired) electrons. The van der Waals surface area contributed by atoms with Crippen molar-refractivity contribution in [2.24, 2.45) is 5.92 Å². The lowest BCUT2D eigenvalue weighted by atomic mass is 9.69. The number of hydrogen-bond acceptors (Lipinski definition) is 6. The van der Waals surface area contributed by atoms with Crippen molar-refractivity contribution in [1.29, 1.82) is 0 Å². The first-order chi connectivity index (χ1) is 17.1. The summed E-state index contributed by atoms with van der Waals surface area (Å²) in [5, 5.41) is 3.71. The summed E-state index contributed by atoms with van der Waals surface area (Å²) in [6, 6.07) is 20.7. The molecule has 0 bridgehead atoms. The smallest absolute Gasteiger partial charge is 0.250 e. The molecule has 7 rings (SSSR count). The second-order valence-corrected chi connectivity index (χ2v) is 10.7. The second-order valence-electron chi connectivity index (χ2n) is 9.29. The highest BCUT2D eigenvalue weighted by atomic mass is 35.5. The number of halogens is 1. The van der Waals surface area contributed by atoms with E-state index in [1.54, 1.807) is 30.0 Å². The number of carbonyl (C=O) groups excluding carboxylic acids is 2. The van der Waals surface area contributed by atoms with Crippen LogP contribution in [0.25, 0.3) is 0 Å². The molecule has 0 aliphatic carbocycles. The number of rotatable bonds is 3. The summed E-state index contributed by atoms with van der Waals surface area (Å²) in [6.45, 7) is 0.133. The Bertz CT molecular complexity index is 1400. The molecule has 2 fully saturated rings. The number of para-hydroxylation sites is 1. The van der Waals surface area contributed by atoms with Gasteiger partial charge in [-0.3, -0.25) is 14.5 Å². The highest BCUT2D eigenvalue weighted by Gasteiger charge is 2.69. The van der Waals surface area contributed by atoms with Crippen LogP contribution in [0.5, 0.6) is 11.5 Å². The van der Waals surface area contributed by atoms with Gasteiger partial charge in [0.15, 0.2) is 17.3 Å². The molecular formula is C27H21ClN2O4S. The average molecular weight is 505 g/mol. The largest absolute Gasteiger partial charge is 0.454 e. The van der Waals surface area contributed by atoms with E-state index >= 15 is 0 Å². The normalized spacial score (nSPS) is 28.3. The molecular weight excluding hydrogens is 484 g/mol. The highest BCUT2D eigenvalue weighted by molar-refractivity contribution is 7.99. The second kappa shape index (κ2) is 7.75. The first-order valence-corrected chi connectivity index (χ1v) is 13.1. The summed E-state index contributed by atoms with van der Waals surface area (Å²) in [5.74, 6) is 1.60. The van der Waals surface area contributed by atoms with E-state index in [4.69, 9.17) is 21.1 Å². The summed E-state index contributed by atoms with van der Waals surface area (Å²) in [5.41, 5.74) is 2.01. The van der Waals surface area contributed by atoms with Crippen LogP contribution in [0.2, 0.25) is 5.02 Å². The number of fused-ring (bicyclic) bond motifs is 5. The Morgan fingerprint density at radius 1 is 1.06 bits per heavy atom. The zero-order valence-corrected chi connectivity index (χ0v) is 20.1. The van der Waals surface area contributed by atoms with Crippen LogP contribution < -0.4 is 14.8 Å². The highest BCUT2D eigenvalue weighted by Crippen LogP contribution is 2.61. The maximum atomic E-state index is 14.5. The zero-order chi connectivity index (χ0) is 23.7. The van der Waals surface area contributed by atoms with Crippen LogP contribution in [-0.4, -0.2) is 41.1 Å². The minimum Gasteiger partial charge on any atom is -0.454 e. The predicted octanol–water partition coefficient (Wildman–Crippen LogP) is 4.89. The van der Waals surface area contributed by atoms with Gasteiger partial charge in [-0.15, -0.1) is 11.8 Å². The van der Waals surface area contributed by atoms with Crippen LogP contribution in [-0.2, 0) is 10.3 Å². The van der Waals surface area contributed by atoms with Crippen LogP contribution >= 0.6 is 23.4 Å². The summed E-state index contributed by atoms with van der Waals surface area (Å²) in [4.78, 5) is 30.8. The third kappa shape index (κ3) is 2.89. The van der Waals surface area contributed by atoms with Crippen LogP contribution in [0.1, 0.15) is 27.4 Å². The molecule has 4 aliphatic rings.